The number of nitrogen functional groups attached to an aromatic ring is 1. The van der Waals surface area contributed by atoms with Crippen LogP contribution in [0.15, 0.2) is 58.2 Å². The Kier molecular flexibility index (Phi) is 5.68. The zero-order chi connectivity index (χ0) is 20.4. The van der Waals surface area contributed by atoms with Crippen LogP contribution in [0.1, 0.15) is 33.6 Å². The van der Waals surface area contributed by atoms with Crippen molar-refractivity contribution in [1.29, 1.82) is 0 Å². The molecule has 2 amide bonds. The van der Waals surface area contributed by atoms with Gasteiger partial charge in [-0.25, -0.2) is 4.68 Å². The van der Waals surface area contributed by atoms with Gasteiger partial charge in [0.1, 0.15) is 0 Å². The Bertz CT molecular complexity index is 1050. The van der Waals surface area contributed by atoms with Crippen molar-refractivity contribution in [3.63, 3.8) is 0 Å². The first-order valence-electron chi connectivity index (χ1n) is 9.11. The number of benzene rings is 2. The van der Waals surface area contributed by atoms with E-state index in [2.05, 4.69) is 26.1 Å². The predicted octanol–water partition coefficient (Wildman–Crippen LogP) is 3.59. The summed E-state index contributed by atoms with van der Waals surface area (Å²) < 4.78 is 2.38. The average Bonchev–Trinajstić information content (AvgIpc) is 3.21. The first kappa shape index (κ1) is 19.7. The molecular formula is C20H18BrN5O2S. The molecule has 0 bridgehead atoms. The fourth-order valence-corrected chi connectivity index (χ4v) is 4.50. The molecule has 2 heterocycles. The number of halogens is 1. The number of nitrogens with zero attached hydrogens (tertiary/aromatic N) is 4. The van der Waals surface area contributed by atoms with Crippen molar-refractivity contribution in [2.75, 3.05) is 18.1 Å². The summed E-state index contributed by atoms with van der Waals surface area (Å²) in [5.74, 6) is 7.08. The number of carbonyl (C=O) groups is 2. The highest BCUT2D eigenvalue weighted by Crippen LogP contribution is 2.28. The third-order valence-electron chi connectivity index (χ3n) is 4.66. The Labute approximate surface area is 180 Å². The lowest BCUT2D eigenvalue weighted by Gasteiger charge is -2.13. The van der Waals surface area contributed by atoms with Gasteiger partial charge in [0.15, 0.2) is 5.82 Å². The number of nitrogens with two attached hydrogens (primary N) is 1. The smallest absolute Gasteiger partial charge is 0.261 e. The Morgan fingerprint density at radius 2 is 1.52 bits per heavy atom. The van der Waals surface area contributed by atoms with E-state index in [4.69, 9.17) is 5.84 Å². The molecule has 0 saturated carbocycles. The zero-order valence-electron chi connectivity index (χ0n) is 15.4. The number of carbonyl (C=O) groups excluding carboxylic acids is 2. The molecule has 2 aromatic carbocycles. The summed E-state index contributed by atoms with van der Waals surface area (Å²) in [4.78, 5) is 26.0. The van der Waals surface area contributed by atoms with Crippen LogP contribution in [0.5, 0.6) is 0 Å². The molecule has 2 N–H and O–H groups in total. The fraction of sp³-hybridized carbons (Fsp3) is 0.200. The third kappa shape index (κ3) is 3.79. The maximum Gasteiger partial charge on any atom is 0.261 e. The van der Waals surface area contributed by atoms with E-state index in [0.717, 1.165) is 22.2 Å². The van der Waals surface area contributed by atoms with Crippen LogP contribution in [-0.4, -0.2) is 43.9 Å². The Hall–Kier alpha value is -2.65. The van der Waals surface area contributed by atoms with Gasteiger partial charge in [0.25, 0.3) is 11.8 Å². The fourth-order valence-electron chi connectivity index (χ4n) is 3.18. The summed E-state index contributed by atoms with van der Waals surface area (Å²) in [5.41, 5.74) is 1.85. The summed E-state index contributed by atoms with van der Waals surface area (Å²) in [5, 5.41) is 8.98. The van der Waals surface area contributed by atoms with Crippen molar-refractivity contribution in [1.82, 2.24) is 19.8 Å². The number of rotatable bonds is 7. The first-order chi connectivity index (χ1) is 14.1. The number of fused-ring (bicyclic) bond motifs is 1. The van der Waals surface area contributed by atoms with Gasteiger partial charge >= 0.3 is 0 Å². The van der Waals surface area contributed by atoms with E-state index in [1.807, 2.05) is 24.3 Å². The molecular weight excluding hydrogens is 454 g/mol. The van der Waals surface area contributed by atoms with Gasteiger partial charge in [-0.3, -0.25) is 14.5 Å². The highest BCUT2D eigenvalue weighted by atomic mass is 79.9. The quantitative estimate of drug-likeness (QED) is 0.245. The van der Waals surface area contributed by atoms with Crippen LogP contribution in [0.4, 0.5) is 0 Å². The lowest BCUT2D eigenvalue weighted by molar-refractivity contribution is 0.0652. The maximum atomic E-state index is 12.4. The maximum absolute atomic E-state index is 12.4. The van der Waals surface area contributed by atoms with Crippen LogP contribution in [0.2, 0.25) is 0 Å². The average molecular weight is 472 g/mol. The van der Waals surface area contributed by atoms with Gasteiger partial charge in [-0.05, 0) is 37.1 Å². The monoisotopic (exact) mass is 471 g/mol. The SMILES string of the molecule is Nn1c(SCCCCN2C(=O)c3ccccc3C2=O)nnc1-c1ccccc1Br. The van der Waals surface area contributed by atoms with E-state index in [0.29, 0.717) is 35.1 Å². The second kappa shape index (κ2) is 8.38. The number of aromatic nitrogens is 3. The van der Waals surface area contributed by atoms with Crippen molar-refractivity contribution in [3.05, 3.63) is 64.1 Å². The Morgan fingerprint density at radius 1 is 0.897 bits per heavy atom. The summed E-state index contributed by atoms with van der Waals surface area (Å²) in [6, 6.07) is 14.6. The first-order valence-corrected chi connectivity index (χ1v) is 10.9. The highest BCUT2D eigenvalue weighted by molar-refractivity contribution is 9.10. The van der Waals surface area contributed by atoms with E-state index < -0.39 is 0 Å². The summed E-state index contributed by atoms with van der Waals surface area (Å²) in [6.07, 6.45) is 1.53. The van der Waals surface area contributed by atoms with Crippen molar-refractivity contribution < 1.29 is 9.59 Å². The summed E-state index contributed by atoms with van der Waals surface area (Å²) in [6.45, 7) is 0.407. The second-order valence-corrected chi connectivity index (χ2v) is 8.44. The molecule has 0 fully saturated rings. The largest absolute Gasteiger partial charge is 0.335 e. The normalized spacial score (nSPS) is 13.2. The van der Waals surface area contributed by atoms with Gasteiger partial charge in [0.05, 0.1) is 11.1 Å². The number of hydrogen-bond acceptors (Lipinski definition) is 6. The molecule has 0 aliphatic carbocycles. The molecule has 0 unspecified atom stereocenters. The number of unbranched alkanes of at least 4 members (excludes halogenated alkanes) is 1. The lowest BCUT2D eigenvalue weighted by Crippen LogP contribution is -2.30. The lowest BCUT2D eigenvalue weighted by atomic mass is 10.1. The van der Waals surface area contributed by atoms with Gasteiger partial charge in [0.2, 0.25) is 5.16 Å². The second-order valence-electron chi connectivity index (χ2n) is 6.52. The molecule has 9 heteroatoms. The van der Waals surface area contributed by atoms with Gasteiger partial charge < -0.3 is 5.84 Å². The van der Waals surface area contributed by atoms with Crippen molar-refractivity contribution in [3.8, 4) is 11.4 Å². The van der Waals surface area contributed by atoms with Crippen molar-refractivity contribution >= 4 is 39.5 Å². The molecule has 0 atom stereocenters. The molecule has 29 heavy (non-hydrogen) atoms. The van der Waals surface area contributed by atoms with Crippen molar-refractivity contribution in [2.24, 2.45) is 0 Å². The van der Waals surface area contributed by atoms with Crippen LogP contribution in [0, 0.1) is 0 Å². The van der Waals surface area contributed by atoms with Gasteiger partial charge in [-0.1, -0.05) is 52.0 Å². The summed E-state index contributed by atoms with van der Waals surface area (Å²) in [7, 11) is 0. The van der Waals surface area contributed by atoms with Crippen LogP contribution >= 0.6 is 27.7 Å². The van der Waals surface area contributed by atoms with Crippen LogP contribution in [0.3, 0.4) is 0 Å². The number of hydrogen-bond donors (Lipinski definition) is 1. The predicted molar refractivity (Wildman–Crippen MR) is 115 cm³/mol. The highest BCUT2D eigenvalue weighted by Gasteiger charge is 2.34. The van der Waals surface area contributed by atoms with Gasteiger partial charge in [-0.2, -0.15) is 0 Å². The molecule has 1 aliphatic heterocycles. The van der Waals surface area contributed by atoms with Crippen molar-refractivity contribution in [2.45, 2.75) is 18.0 Å². The minimum atomic E-state index is -0.210. The third-order valence-corrected chi connectivity index (χ3v) is 6.39. The Balaban J connectivity index is 1.30. The van der Waals surface area contributed by atoms with E-state index in [1.54, 1.807) is 24.3 Å². The van der Waals surface area contributed by atoms with Crippen LogP contribution < -0.4 is 5.84 Å². The number of imide groups is 1. The molecule has 1 aromatic heterocycles. The molecule has 148 valence electrons. The molecule has 0 spiro atoms. The topological polar surface area (TPSA) is 94.1 Å². The molecule has 0 saturated heterocycles. The molecule has 0 radical (unpaired) electrons. The number of amides is 2. The van der Waals surface area contributed by atoms with E-state index in [1.165, 1.54) is 21.3 Å². The van der Waals surface area contributed by atoms with E-state index in [-0.39, 0.29) is 11.8 Å². The minimum absolute atomic E-state index is 0.210. The molecule has 7 nitrogen and oxygen atoms in total. The molecule has 4 rings (SSSR count). The van der Waals surface area contributed by atoms with Crippen LogP contribution in [0.25, 0.3) is 11.4 Å². The van der Waals surface area contributed by atoms with Crippen LogP contribution in [-0.2, 0) is 0 Å². The molecule has 3 aromatic rings. The van der Waals surface area contributed by atoms with Gasteiger partial charge in [-0.15, -0.1) is 10.2 Å². The van der Waals surface area contributed by atoms with E-state index in [9.17, 15) is 9.59 Å². The molecule has 1 aliphatic rings. The zero-order valence-corrected chi connectivity index (χ0v) is 17.8. The van der Waals surface area contributed by atoms with Gasteiger partial charge in [0, 0.05) is 22.3 Å². The minimum Gasteiger partial charge on any atom is -0.335 e. The standard InChI is InChI=1S/C20H18BrN5O2S/c21-16-10-4-3-9-15(16)17-23-24-20(26(17)22)29-12-6-5-11-25-18(27)13-7-1-2-8-14(13)19(25)28/h1-4,7-10H,5-6,11-12,22H2. The number of thioether (sulfide) groups is 1. The Morgan fingerprint density at radius 3 is 2.17 bits per heavy atom. The summed E-state index contributed by atoms with van der Waals surface area (Å²) >= 11 is 5.00. The van der Waals surface area contributed by atoms with E-state index >= 15 is 0 Å².